The van der Waals surface area contributed by atoms with Crippen LogP contribution in [-0.2, 0) is 14.4 Å². The fourth-order valence-corrected chi connectivity index (χ4v) is 3.42. The Kier molecular flexibility index (Phi) is 7.45. The third kappa shape index (κ3) is 5.98. The summed E-state index contributed by atoms with van der Waals surface area (Å²) in [6, 6.07) is 2.07. The van der Waals surface area contributed by atoms with Crippen molar-refractivity contribution < 1.29 is 28.3 Å². The molecule has 0 saturated heterocycles. The molecule has 0 spiro atoms. The first-order valence-corrected chi connectivity index (χ1v) is 9.16. The van der Waals surface area contributed by atoms with E-state index in [1.54, 1.807) is 0 Å². The number of aliphatic carboxylic acids is 1. The van der Waals surface area contributed by atoms with Crippen LogP contribution in [0.25, 0.3) is 0 Å². The summed E-state index contributed by atoms with van der Waals surface area (Å²) in [5.41, 5.74) is 0.0388. The van der Waals surface area contributed by atoms with Crippen LogP contribution in [0.2, 0.25) is 0 Å². The summed E-state index contributed by atoms with van der Waals surface area (Å²) in [6.07, 6.45) is 1.07. The fraction of sp³-hybridized carbons (Fsp3) is 0.526. The Morgan fingerprint density at radius 2 is 1.96 bits per heavy atom. The van der Waals surface area contributed by atoms with E-state index in [9.17, 15) is 23.2 Å². The van der Waals surface area contributed by atoms with Gasteiger partial charge in [0, 0.05) is 30.6 Å². The van der Waals surface area contributed by atoms with Crippen molar-refractivity contribution in [3.05, 3.63) is 35.4 Å². The Bertz CT molecular complexity index is 738. The number of amides is 2. The monoisotopic (exact) mass is 397 g/mol. The molecule has 1 unspecified atom stereocenters. The maximum Gasteiger partial charge on any atom is 0.317 e. The van der Waals surface area contributed by atoms with Gasteiger partial charge in [0.2, 0.25) is 11.8 Å². The molecule has 3 N–H and O–H groups in total. The van der Waals surface area contributed by atoms with Gasteiger partial charge < -0.3 is 15.7 Å². The van der Waals surface area contributed by atoms with E-state index in [1.807, 2.05) is 11.8 Å². The van der Waals surface area contributed by atoms with Crippen LogP contribution in [0.4, 0.5) is 8.78 Å². The molecular formula is C19H25F2N3O4. The number of benzene rings is 1. The Hall–Kier alpha value is -2.55. The van der Waals surface area contributed by atoms with Crippen LogP contribution in [0.1, 0.15) is 44.7 Å². The topological polar surface area (TPSA) is 98.7 Å². The number of carbonyl (C=O) groups excluding carboxylic acids is 2. The SMILES string of the molecule is CCN(CC(=O)O)C1CC(NC(=O)CC(NC(C)=O)c2ccc(F)cc2F)C1. The predicted molar refractivity (Wildman–Crippen MR) is 97.4 cm³/mol. The van der Waals surface area contributed by atoms with Crippen molar-refractivity contribution in [1.29, 1.82) is 0 Å². The van der Waals surface area contributed by atoms with Crippen LogP contribution in [0.5, 0.6) is 0 Å². The molecule has 28 heavy (non-hydrogen) atoms. The van der Waals surface area contributed by atoms with Gasteiger partial charge in [0.1, 0.15) is 11.6 Å². The summed E-state index contributed by atoms with van der Waals surface area (Å²) in [7, 11) is 0. The van der Waals surface area contributed by atoms with E-state index in [-0.39, 0.29) is 36.5 Å². The van der Waals surface area contributed by atoms with Gasteiger partial charge in [-0.2, -0.15) is 0 Å². The number of carbonyl (C=O) groups is 3. The van der Waals surface area contributed by atoms with E-state index < -0.39 is 29.6 Å². The molecule has 1 saturated carbocycles. The molecule has 1 atom stereocenters. The zero-order chi connectivity index (χ0) is 20.8. The minimum absolute atomic E-state index is 0.0388. The Labute approximate surface area is 162 Å². The van der Waals surface area contributed by atoms with Crippen molar-refractivity contribution in [1.82, 2.24) is 15.5 Å². The second-order valence-corrected chi connectivity index (χ2v) is 6.97. The van der Waals surface area contributed by atoms with Crippen molar-refractivity contribution in [2.24, 2.45) is 0 Å². The lowest BCUT2D eigenvalue weighted by atomic mass is 9.85. The molecule has 7 nitrogen and oxygen atoms in total. The normalized spacial score (nSPS) is 19.6. The van der Waals surface area contributed by atoms with Crippen molar-refractivity contribution in [3.63, 3.8) is 0 Å². The van der Waals surface area contributed by atoms with Crippen LogP contribution in [0.15, 0.2) is 18.2 Å². The Balaban J connectivity index is 1.92. The van der Waals surface area contributed by atoms with Crippen LogP contribution in [0.3, 0.4) is 0 Å². The van der Waals surface area contributed by atoms with Crippen molar-refractivity contribution in [2.45, 2.75) is 51.2 Å². The van der Waals surface area contributed by atoms with E-state index in [1.165, 1.54) is 13.0 Å². The van der Waals surface area contributed by atoms with Crippen LogP contribution >= 0.6 is 0 Å². The molecule has 0 heterocycles. The van der Waals surface area contributed by atoms with Crippen LogP contribution in [-0.4, -0.2) is 53.0 Å². The number of hydrogen-bond donors (Lipinski definition) is 3. The molecule has 2 amide bonds. The predicted octanol–water partition coefficient (Wildman–Crippen LogP) is 1.59. The lowest BCUT2D eigenvalue weighted by Crippen LogP contribution is -2.55. The number of likely N-dealkylation sites (N-methyl/N-ethyl adjacent to an activating group) is 1. The smallest absolute Gasteiger partial charge is 0.317 e. The summed E-state index contributed by atoms with van der Waals surface area (Å²) < 4.78 is 27.2. The van der Waals surface area contributed by atoms with Crippen molar-refractivity contribution in [2.75, 3.05) is 13.1 Å². The third-order valence-corrected chi connectivity index (χ3v) is 4.84. The molecule has 1 aliphatic rings. The first-order valence-electron chi connectivity index (χ1n) is 9.16. The number of nitrogens with one attached hydrogen (secondary N) is 2. The van der Waals surface area contributed by atoms with Crippen molar-refractivity contribution >= 4 is 17.8 Å². The van der Waals surface area contributed by atoms with Crippen LogP contribution < -0.4 is 10.6 Å². The number of halogens is 2. The summed E-state index contributed by atoms with van der Waals surface area (Å²) >= 11 is 0. The van der Waals surface area contributed by atoms with Gasteiger partial charge in [0.15, 0.2) is 0 Å². The first-order chi connectivity index (χ1) is 13.2. The average molecular weight is 397 g/mol. The minimum atomic E-state index is -0.909. The second kappa shape index (κ2) is 9.59. The van der Waals surface area contributed by atoms with E-state index >= 15 is 0 Å². The summed E-state index contributed by atoms with van der Waals surface area (Å²) in [5.74, 6) is -3.27. The summed E-state index contributed by atoms with van der Waals surface area (Å²) in [4.78, 5) is 36.5. The molecule has 1 aromatic rings. The van der Waals surface area contributed by atoms with Crippen molar-refractivity contribution in [3.8, 4) is 0 Å². The van der Waals surface area contributed by atoms with E-state index in [2.05, 4.69) is 10.6 Å². The summed E-state index contributed by atoms with van der Waals surface area (Å²) in [5, 5.41) is 14.3. The van der Waals surface area contributed by atoms with Gasteiger partial charge in [-0.15, -0.1) is 0 Å². The Morgan fingerprint density at radius 3 is 2.50 bits per heavy atom. The molecule has 1 fully saturated rings. The number of carboxylic acid groups (broad SMARTS) is 1. The molecule has 2 rings (SSSR count). The molecule has 154 valence electrons. The van der Waals surface area contributed by atoms with E-state index in [4.69, 9.17) is 5.11 Å². The molecular weight excluding hydrogens is 372 g/mol. The molecule has 0 aliphatic heterocycles. The van der Waals surface area contributed by atoms with Gasteiger partial charge in [0.05, 0.1) is 19.0 Å². The summed E-state index contributed by atoms with van der Waals surface area (Å²) in [6.45, 7) is 3.69. The Morgan fingerprint density at radius 1 is 1.29 bits per heavy atom. The van der Waals surface area contributed by atoms with Gasteiger partial charge in [-0.05, 0) is 25.5 Å². The standard InChI is InChI=1S/C19H25F2N3O4/c1-3-24(10-19(27)28)14-7-13(8-14)23-18(26)9-17(22-11(2)25)15-5-4-12(20)6-16(15)21/h4-6,13-14,17H,3,7-10H2,1-2H3,(H,22,25)(H,23,26)(H,27,28). The number of nitrogens with zero attached hydrogens (tertiary/aromatic N) is 1. The number of carboxylic acids is 1. The highest BCUT2D eigenvalue weighted by molar-refractivity contribution is 5.79. The maximum atomic E-state index is 14.0. The van der Waals surface area contributed by atoms with Gasteiger partial charge >= 0.3 is 5.97 Å². The highest BCUT2D eigenvalue weighted by Gasteiger charge is 2.35. The third-order valence-electron chi connectivity index (χ3n) is 4.84. The zero-order valence-corrected chi connectivity index (χ0v) is 15.9. The van der Waals surface area contributed by atoms with E-state index in [0.29, 0.717) is 25.5 Å². The lowest BCUT2D eigenvalue weighted by Gasteiger charge is -2.42. The molecule has 0 aromatic heterocycles. The zero-order valence-electron chi connectivity index (χ0n) is 15.9. The van der Waals surface area contributed by atoms with Gasteiger partial charge in [-0.1, -0.05) is 13.0 Å². The second-order valence-electron chi connectivity index (χ2n) is 6.97. The number of hydrogen-bond acceptors (Lipinski definition) is 4. The average Bonchev–Trinajstić information content (AvgIpc) is 2.54. The first kappa shape index (κ1) is 21.7. The van der Waals surface area contributed by atoms with Gasteiger partial charge in [-0.3, -0.25) is 19.3 Å². The fourth-order valence-electron chi connectivity index (χ4n) is 3.42. The minimum Gasteiger partial charge on any atom is -0.480 e. The number of rotatable bonds is 9. The quantitative estimate of drug-likeness (QED) is 0.588. The van der Waals surface area contributed by atoms with E-state index in [0.717, 1.165) is 6.07 Å². The van der Waals surface area contributed by atoms with Crippen LogP contribution in [0, 0.1) is 11.6 Å². The van der Waals surface area contributed by atoms with Gasteiger partial charge in [-0.25, -0.2) is 8.78 Å². The maximum absolute atomic E-state index is 14.0. The highest BCUT2D eigenvalue weighted by Crippen LogP contribution is 2.27. The molecule has 0 radical (unpaired) electrons. The highest BCUT2D eigenvalue weighted by atomic mass is 19.1. The largest absolute Gasteiger partial charge is 0.480 e. The van der Waals surface area contributed by atoms with Gasteiger partial charge in [0.25, 0.3) is 0 Å². The lowest BCUT2D eigenvalue weighted by molar-refractivity contribution is -0.140. The molecule has 9 heteroatoms. The molecule has 0 bridgehead atoms. The molecule has 1 aliphatic carbocycles. The molecule has 1 aromatic carbocycles.